The van der Waals surface area contributed by atoms with Gasteiger partial charge in [0.15, 0.2) is 0 Å². The van der Waals surface area contributed by atoms with E-state index in [0.29, 0.717) is 11.5 Å². The molecule has 1 aliphatic carbocycles. The summed E-state index contributed by atoms with van der Waals surface area (Å²) in [5.41, 5.74) is 2.46. The smallest absolute Gasteiger partial charge is 0.337 e. The van der Waals surface area contributed by atoms with Gasteiger partial charge in [-0.15, -0.1) is 0 Å². The van der Waals surface area contributed by atoms with Gasteiger partial charge in [-0.05, 0) is 31.2 Å². The van der Waals surface area contributed by atoms with Crippen LogP contribution in [-0.2, 0) is 6.42 Å². The highest BCUT2D eigenvalue weighted by molar-refractivity contribution is 5.89. The minimum Gasteiger partial charge on any atom is -0.478 e. The summed E-state index contributed by atoms with van der Waals surface area (Å²) in [5, 5.41) is 9.09. The van der Waals surface area contributed by atoms with E-state index in [-0.39, 0.29) is 0 Å². The number of hydrogen-bond acceptors (Lipinski definition) is 1. The number of nitrogens with one attached hydrogen (secondary N) is 1. The van der Waals surface area contributed by atoms with Crippen LogP contribution in [0.1, 0.15) is 66.7 Å². The first-order valence-electron chi connectivity index (χ1n) is 6.17. The summed E-state index contributed by atoms with van der Waals surface area (Å²) in [5.74, 6) is -0.262. The molecule has 1 fully saturated rings. The van der Waals surface area contributed by atoms with E-state index in [2.05, 4.69) is 4.98 Å². The van der Waals surface area contributed by atoms with Gasteiger partial charge >= 0.3 is 5.97 Å². The zero-order chi connectivity index (χ0) is 11.5. The number of aryl methyl sites for hydroxylation is 1. The van der Waals surface area contributed by atoms with Gasteiger partial charge in [-0.25, -0.2) is 4.79 Å². The molecular formula is C13H19NO2. The summed E-state index contributed by atoms with van der Waals surface area (Å²) in [6.07, 6.45) is 7.02. The standard InChI is InChI=1S/C13H19NO2/c1-2-11-10(13(15)16)8-12(14-11)9-6-4-3-5-7-9/h8-9,14H,2-7H2,1H3,(H,15,16). The Morgan fingerprint density at radius 3 is 2.62 bits per heavy atom. The van der Waals surface area contributed by atoms with Crippen LogP contribution in [0.4, 0.5) is 0 Å². The first-order chi connectivity index (χ1) is 7.72. The van der Waals surface area contributed by atoms with E-state index >= 15 is 0 Å². The Labute approximate surface area is 95.9 Å². The Balaban J connectivity index is 2.24. The lowest BCUT2D eigenvalue weighted by Gasteiger charge is -2.20. The van der Waals surface area contributed by atoms with Crippen molar-refractivity contribution in [3.8, 4) is 0 Å². The summed E-state index contributed by atoms with van der Waals surface area (Å²) in [7, 11) is 0. The fourth-order valence-corrected chi connectivity index (χ4v) is 2.62. The van der Waals surface area contributed by atoms with Crippen molar-refractivity contribution in [3.63, 3.8) is 0 Å². The first kappa shape index (κ1) is 11.2. The molecule has 0 radical (unpaired) electrons. The van der Waals surface area contributed by atoms with Crippen molar-refractivity contribution in [1.29, 1.82) is 0 Å². The predicted octanol–water partition coefficient (Wildman–Crippen LogP) is 3.32. The van der Waals surface area contributed by atoms with Gasteiger partial charge in [0, 0.05) is 11.4 Å². The highest BCUT2D eigenvalue weighted by atomic mass is 16.4. The van der Waals surface area contributed by atoms with Gasteiger partial charge in [-0.2, -0.15) is 0 Å². The van der Waals surface area contributed by atoms with Crippen molar-refractivity contribution < 1.29 is 9.90 Å². The van der Waals surface area contributed by atoms with Crippen molar-refractivity contribution in [2.75, 3.05) is 0 Å². The summed E-state index contributed by atoms with van der Waals surface area (Å²) in [6, 6.07) is 1.84. The van der Waals surface area contributed by atoms with E-state index in [1.807, 2.05) is 13.0 Å². The van der Waals surface area contributed by atoms with Crippen molar-refractivity contribution in [3.05, 3.63) is 23.0 Å². The molecule has 1 aliphatic rings. The van der Waals surface area contributed by atoms with Gasteiger partial charge < -0.3 is 10.1 Å². The third kappa shape index (κ3) is 2.13. The van der Waals surface area contributed by atoms with Crippen LogP contribution < -0.4 is 0 Å². The Hall–Kier alpha value is -1.25. The number of aromatic amines is 1. The summed E-state index contributed by atoms with van der Waals surface area (Å²) in [4.78, 5) is 14.4. The number of rotatable bonds is 3. The molecule has 3 heteroatoms. The van der Waals surface area contributed by atoms with Crippen LogP contribution in [0.3, 0.4) is 0 Å². The molecule has 3 nitrogen and oxygen atoms in total. The molecule has 0 saturated heterocycles. The molecule has 88 valence electrons. The molecule has 0 atom stereocenters. The van der Waals surface area contributed by atoms with Crippen LogP contribution >= 0.6 is 0 Å². The molecule has 1 heterocycles. The molecule has 2 N–H and O–H groups in total. The van der Waals surface area contributed by atoms with Gasteiger partial charge in [0.1, 0.15) is 0 Å². The van der Waals surface area contributed by atoms with E-state index in [9.17, 15) is 4.79 Å². The van der Waals surface area contributed by atoms with Crippen molar-refractivity contribution >= 4 is 5.97 Å². The molecule has 0 unspecified atom stereocenters. The molecule has 0 aromatic carbocycles. The third-order valence-electron chi connectivity index (χ3n) is 3.55. The molecule has 0 spiro atoms. The highest BCUT2D eigenvalue weighted by Gasteiger charge is 2.20. The van der Waals surface area contributed by atoms with Gasteiger partial charge in [-0.1, -0.05) is 26.2 Å². The Kier molecular flexibility index (Phi) is 3.32. The second-order valence-corrected chi connectivity index (χ2v) is 4.61. The first-order valence-corrected chi connectivity index (χ1v) is 6.17. The van der Waals surface area contributed by atoms with E-state index in [1.54, 1.807) is 0 Å². The molecular weight excluding hydrogens is 202 g/mol. The molecule has 1 aromatic rings. The zero-order valence-electron chi connectivity index (χ0n) is 9.75. The van der Waals surface area contributed by atoms with Crippen LogP contribution in [0.15, 0.2) is 6.07 Å². The van der Waals surface area contributed by atoms with Gasteiger partial charge in [0.05, 0.1) is 5.56 Å². The van der Waals surface area contributed by atoms with Crippen LogP contribution in [0, 0.1) is 0 Å². The SMILES string of the molecule is CCc1[nH]c(C2CCCCC2)cc1C(=O)O. The molecule has 2 rings (SSSR count). The second kappa shape index (κ2) is 4.73. The fraction of sp³-hybridized carbons (Fsp3) is 0.615. The topological polar surface area (TPSA) is 53.1 Å². The minimum absolute atomic E-state index is 0.461. The minimum atomic E-state index is -0.810. The quantitative estimate of drug-likeness (QED) is 0.822. The lowest BCUT2D eigenvalue weighted by atomic mass is 9.87. The summed E-state index contributed by atoms with van der Waals surface area (Å²) in [6.45, 7) is 1.99. The summed E-state index contributed by atoms with van der Waals surface area (Å²) < 4.78 is 0. The molecule has 0 aliphatic heterocycles. The third-order valence-corrected chi connectivity index (χ3v) is 3.55. The largest absolute Gasteiger partial charge is 0.478 e. The van der Waals surface area contributed by atoms with Gasteiger partial charge in [-0.3, -0.25) is 0 Å². The van der Waals surface area contributed by atoms with E-state index < -0.39 is 5.97 Å². The zero-order valence-corrected chi connectivity index (χ0v) is 9.75. The van der Waals surface area contributed by atoms with Crippen LogP contribution in [-0.4, -0.2) is 16.1 Å². The molecule has 1 aromatic heterocycles. The monoisotopic (exact) mass is 221 g/mol. The maximum Gasteiger partial charge on any atom is 0.337 e. The Morgan fingerprint density at radius 1 is 1.44 bits per heavy atom. The fourth-order valence-electron chi connectivity index (χ4n) is 2.62. The van der Waals surface area contributed by atoms with Gasteiger partial charge in [0.2, 0.25) is 0 Å². The maximum absolute atomic E-state index is 11.1. The van der Waals surface area contributed by atoms with Crippen molar-refractivity contribution in [2.45, 2.75) is 51.4 Å². The Bertz CT molecular complexity index is 375. The number of aromatic carboxylic acids is 1. The molecule has 0 amide bonds. The van der Waals surface area contributed by atoms with E-state index in [0.717, 1.165) is 17.8 Å². The van der Waals surface area contributed by atoms with Crippen LogP contribution in [0.25, 0.3) is 0 Å². The van der Waals surface area contributed by atoms with E-state index in [4.69, 9.17) is 5.11 Å². The van der Waals surface area contributed by atoms with Crippen LogP contribution in [0.5, 0.6) is 0 Å². The van der Waals surface area contributed by atoms with Crippen molar-refractivity contribution in [1.82, 2.24) is 4.98 Å². The predicted molar refractivity (Wildman–Crippen MR) is 63.0 cm³/mol. The maximum atomic E-state index is 11.1. The van der Waals surface area contributed by atoms with Crippen molar-refractivity contribution in [2.24, 2.45) is 0 Å². The lowest BCUT2D eigenvalue weighted by Crippen LogP contribution is -2.04. The number of aromatic nitrogens is 1. The average molecular weight is 221 g/mol. The number of hydrogen-bond donors (Lipinski definition) is 2. The summed E-state index contributed by atoms with van der Waals surface area (Å²) >= 11 is 0. The van der Waals surface area contributed by atoms with E-state index in [1.165, 1.54) is 32.1 Å². The molecule has 16 heavy (non-hydrogen) atoms. The normalized spacial score (nSPS) is 17.6. The number of carboxylic acid groups (broad SMARTS) is 1. The van der Waals surface area contributed by atoms with Crippen LogP contribution in [0.2, 0.25) is 0 Å². The number of H-pyrrole nitrogens is 1. The Morgan fingerprint density at radius 2 is 2.12 bits per heavy atom. The average Bonchev–Trinajstić information content (AvgIpc) is 2.74. The molecule has 0 bridgehead atoms. The number of carboxylic acids is 1. The molecule has 1 saturated carbocycles. The second-order valence-electron chi connectivity index (χ2n) is 4.61. The van der Waals surface area contributed by atoms with Gasteiger partial charge in [0.25, 0.3) is 0 Å². The lowest BCUT2D eigenvalue weighted by molar-refractivity contribution is 0.0696. The highest BCUT2D eigenvalue weighted by Crippen LogP contribution is 2.33. The number of carbonyl (C=O) groups is 1.